The summed E-state index contributed by atoms with van der Waals surface area (Å²) in [5.74, 6) is 1.55. The molecule has 1 atom stereocenters. The molecule has 0 aromatic carbocycles. The molecule has 7 nitrogen and oxygen atoms in total. The lowest BCUT2D eigenvalue weighted by Gasteiger charge is -2.35. The number of likely N-dealkylation sites (tertiary alicyclic amines) is 1. The molecule has 0 saturated carbocycles. The second-order valence-corrected chi connectivity index (χ2v) is 13.0. The predicted molar refractivity (Wildman–Crippen MR) is 151 cm³/mol. The number of pyridine rings is 1. The number of amides is 2. The van der Waals surface area contributed by atoms with E-state index in [2.05, 4.69) is 31.8 Å². The molecule has 8 heteroatoms. The molecule has 4 heterocycles. The molecule has 0 bridgehead atoms. The molecule has 208 valence electrons. The van der Waals surface area contributed by atoms with Crippen LogP contribution in [0.3, 0.4) is 0 Å². The Kier molecular flexibility index (Phi) is 8.40. The van der Waals surface area contributed by atoms with Crippen LogP contribution in [0.5, 0.6) is 5.88 Å². The summed E-state index contributed by atoms with van der Waals surface area (Å²) in [4.78, 5) is 37.3. The normalized spacial score (nSPS) is 17.7. The molecule has 2 amide bonds. The van der Waals surface area contributed by atoms with Crippen molar-refractivity contribution >= 4 is 23.3 Å². The lowest BCUT2D eigenvalue weighted by Crippen LogP contribution is -2.42. The maximum Gasteiger partial charge on any atom is 0.410 e. The largest absolute Gasteiger partial charge is 0.481 e. The van der Waals surface area contributed by atoms with Crippen LogP contribution in [0.15, 0.2) is 6.07 Å². The van der Waals surface area contributed by atoms with E-state index in [1.54, 1.807) is 7.11 Å². The van der Waals surface area contributed by atoms with Crippen LogP contribution < -0.4 is 4.74 Å². The smallest absolute Gasteiger partial charge is 0.410 e. The molecule has 0 spiro atoms. The number of aromatic nitrogens is 1. The van der Waals surface area contributed by atoms with Gasteiger partial charge in [-0.2, -0.15) is 0 Å². The van der Waals surface area contributed by atoms with Gasteiger partial charge in [0.25, 0.3) is 5.91 Å². The number of hydrogen-bond acceptors (Lipinski definition) is 6. The van der Waals surface area contributed by atoms with Gasteiger partial charge in [-0.3, -0.25) is 4.79 Å². The first kappa shape index (κ1) is 28.4. The molecule has 0 unspecified atom stereocenters. The van der Waals surface area contributed by atoms with Gasteiger partial charge in [0, 0.05) is 40.6 Å². The summed E-state index contributed by atoms with van der Waals surface area (Å²) in [5, 5.41) is 0. The average molecular weight is 542 g/mol. The van der Waals surface area contributed by atoms with Gasteiger partial charge in [0.15, 0.2) is 0 Å². The van der Waals surface area contributed by atoms with Crippen molar-refractivity contribution in [1.29, 1.82) is 0 Å². The highest BCUT2D eigenvalue weighted by molar-refractivity contribution is 7.12. The third-order valence-electron chi connectivity index (χ3n) is 7.88. The van der Waals surface area contributed by atoms with Gasteiger partial charge in [0.1, 0.15) is 5.60 Å². The van der Waals surface area contributed by atoms with E-state index in [4.69, 9.17) is 9.47 Å². The highest BCUT2D eigenvalue weighted by Gasteiger charge is 2.34. The summed E-state index contributed by atoms with van der Waals surface area (Å²) in [6.45, 7) is 16.8. The van der Waals surface area contributed by atoms with E-state index >= 15 is 0 Å². The van der Waals surface area contributed by atoms with E-state index in [1.165, 1.54) is 9.75 Å². The Morgan fingerprint density at radius 2 is 1.87 bits per heavy atom. The van der Waals surface area contributed by atoms with E-state index in [0.29, 0.717) is 37.4 Å². The molecule has 4 rings (SSSR count). The van der Waals surface area contributed by atoms with Crippen molar-refractivity contribution in [1.82, 2.24) is 14.8 Å². The maximum absolute atomic E-state index is 13.9. The number of thiophene rings is 1. The number of nitrogens with zero attached hydrogens (tertiary/aromatic N) is 3. The molecule has 2 aromatic heterocycles. The highest BCUT2D eigenvalue weighted by Crippen LogP contribution is 2.42. The van der Waals surface area contributed by atoms with Crippen LogP contribution in [0.2, 0.25) is 0 Å². The lowest BCUT2D eigenvalue weighted by atomic mass is 9.83. The number of piperidine rings is 1. The minimum atomic E-state index is -0.479. The minimum Gasteiger partial charge on any atom is -0.481 e. The molecular formula is C30H43N3O4S. The quantitative estimate of drug-likeness (QED) is 0.437. The van der Waals surface area contributed by atoms with E-state index in [9.17, 15) is 9.59 Å². The Balaban J connectivity index is 1.50. The molecule has 0 N–H and O–H groups in total. The van der Waals surface area contributed by atoms with Crippen LogP contribution in [0.4, 0.5) is 4.79 Å². The van der Waals surface area contributed by atoms with E-state index < -0.39 is 5.60 Å². The van der Waals surface area contributed by atoms with Crippen molar-refractivity contribution in [2.45, 2.75) is 92.2 Å². The number of rotatable bonds is 5. The Bertz CT molecular complexity index is 1190. The summed E-state index contributed by atoms with van der Waals surface area (Å²) >= 11 is 1.83. The summed E-state index contributed by atoms with van der Waals surface area (Å²) in [7, 11) is 1.64. The van der Waals surface area contributed by atoms with Crippen LogP contribution in [-0.2, 0) is 17.7 Å². The van der Waals surface area contributed by atoms with E-state index in [0.717, 1.165) is 60.2 Å². The minimum absolute atomic E-state index is 0.117. The second kappa shape index (κ2) is 11.2. The van der Waals surface area contributed by atoms with Gasteiger partial charge in [-0.25, -0.2) is 9.78 Å². The van der Waals surface area contributed by atoms with Crippen molar-refractivity contribution in [3.05, 3.63) is 43.8 Å². The summed E-state index contributed by atoms with van der Waals surface area (Å²) in [5.41, 5.74) is 4.55. The number of methoxy groups -OCH3 is 1. The van der Waals surface area contributed by atoms with Crippen LogP contribution in [0.1, 0.15) is 95.4 Å². The Labute approximate surface area is 231 Å². The maximum atomic E-state index is 13.9. The zero-order chi connectivity index (χ0) is 27.8. The zero-order valence-corrected chi connectivity index (χ0v) is 25.1. The van der Waals surface area contributed by atoms with Crippen LogP contribution in [-0.4, -0.2) is 59.1 Å². The van der Waals surface area contributed by atoms with E-state index in [-0.39, 0.29) is 12.0 Å². The fraction of sp³-hybridized carbons (Fsp3) is 0.633. The number of aryl methyl sites for hydroxylation is 3. The molecule has 38 heavy (non-hydrogen) atoms. The number of ether oxygens (including phenoxy) is 2. The van der Waals surface area contributed by atoms with Gasteiger partial charge < -0.3 is 19.3 Å². The van der Waals surface area contributed by atoms with Gasteiger partial charge in [-0.15, -0.1) is 11.3 Å². The summed E-state index contributed by atoms with van der Waals surface area (Å²) < 4.78 is 11.1. The Morgan fingerprint density at radius 3 is 2.50 bits per heavy atom. The number of carbonyl (C=O) groups excluding carboxylic acids is 2. The van der Waals surface area contributed by atoms with Gasteiger partial charge in [0.05, 0.1) is 19.2 Å². The summed E-state index contributed by atoms with van der Waals surface area (Å²) in [6, 6.07) is 2.05. The monoisotopic (exact) mass is 541 g/mol. The van der Waals surface area contributed by atoms with Crippen molar-refractivity contribution in [2.75, 3.05) is 26.7 Å². The van der Waals surface area contributed by atoms with Gasteiger partial charge in [0.2, 0.25) is 5.88 Å². The zero-order valence-electron chi connectivity index (χ0n) is 24.3. The molecule has 1 saturated heterocycles. The van der Waals surface area contributed by atoms with Crippen molar-refractivity contribution in [2.24, 2.45) is 5.92 Å². The molecule has 1 fully saturated rings. The molecular weight excluding hydrogens is 498 g/mol. The van der Waals surface area contributed by atoms with Gasteiger partial charge in [-0.05, 0) is 96.3 Å². The van der Waals surface area contributed by atoms with Crippen molar-refractivity contribution in [3.63, 3.8) is 0 Å². The third-order valence-corrected chi connectivity index (χ3v) is 9.43. The summed E-state index contributed by atoms with van der Waals surface area (Å²) in [6.07, 6.45) is 3.55. The van der Waals surface area contributed by atoms with E-state index in [1.807, 2.05) is 48.8 Å². The average Bonchev–Trinajstić information content (AvgIpc) is 3.09. The lowest BCUT2D eigenvalue weighted by molar-refractivity contribution is 0.0176. The Hall–Kier alpha value is -2.61. The van der Waals surface area contributed by atoms with Gasteiger partial charge >= 0.3 is 6.09 Å². The SMILES string of the molecule is COc1nc(C)cc(C)c1CN1CCCc2sc([C@H](C)C3CCN(C(=O)OC(C)(C)C)CC3)c(C)c2C1=O. The van der Waals surface area contributed by atoms with Crippen molar-refractivity contribution in [3.8, 4) is 5.88 Å². The first-order valence-corrected chi connectivity index (χ1v) is 14.6. The standard InChI is InChI=1S/C30H43N3O4S/c1-18-16-19(2)31-27(36-8)23(18)17-33-13-9-10-24-25(28(33)34)21(4)26(38-24)20(3)22-11-14-32(15-12-22)29(35)37-30(5,6)7/h16,20,22H,9-15,17H2,1-8H3/t20-/m1/s1. The second-order valence-electron chi connectivity index (χ2n) is 11.9. The van der Waals surface area contributed by atoms with Crippen LogP contribution in [0, 0.1) is 26.7 Å². The van der Waals surface area contributed by atoms with Crippen LogP contribution in [0.25, 0.3) is 0 Å². The Morgan fingerprint density at radius 1 is 1.18 bits per heavy atom. The predicted octanol–water partition coefficient (Wildman–Crippen LogP) is 6.42. The molecule has 2 aromatic rings. The highest BCUT2D eigenvalue weighted by atomic mass is 32.1. The molecule has 2 aliphatic heterocycles. The topological polar surface area (TPSA) is 72.0 Å². The number of fused-ring (bicyclic) bond motifs is 1. The molecule has 2 aliphatic rings. The van der Waals surface area contributed by atoms with Gasteiger partial charge in [-0.1, -0.05) is 6.92 Å². The first-order chi connectivity index (χ1) is 17.9. The van der Waals surface area contributed by atoms with Crippen LogP contribution >= 0.6 is 11.3 Å². The number of hydrogen-bond donors (Lipinski definition) is 0. The van der Waals surface area contributed by atoms with Crippen molar-refractivity contribution < 1.29 is 19.1 Å². The third kappa shape index (κ3) is 6.00. The first-order valence-electron chi connectivity index (χ1n) is 13.8. The number of carbonyl (C=O) groups is 2. The molecule has 0 radical (unpaired) electrons. The fourth-order valence-electron chi connectivity index (χ4n) is 5.83. The molecule has 0 aliphatic carbocycles. The fourth-order valence-corrected chi connectivity index (χ4v) is 7.32.